The van der Waals surface area contributed by atoms with Crippen LogP contribution in [0.5, 0.6) is 0 Å². The summed E-state index contributed by atoms with van der Waals surface area (Å²) in [6.45, 7) is 18.4. The number of aliphatic carboxylic acids is 1. The highest BCUT2D eigenvalue weighted by atomic mass is 32.2. The van der Waals surface area contributed by atoms with Gasteiger partial charge in [-0.1, -0.05) is 34.6 Å². The second-order valence-electron chi connectivity index (χ2n) is 11.4. The fraction of sp³-hybridized carbons (Fsp3) is 0.875. The number of carboxylic acid groups (broad SMARTS) is 1. The van der Waals surface area contributed by atoms with E-state index in [-0.39, 0.29) is 23.8 Å². The van der Waals surface area contributed by atoms with Crippen molar-refractivity contribution >= 4 is 29.5 Å². The predicted molar refractivity (Wildman–Crippen MR) is 132 cm³/mol. The van der Waals surface area contributed by atoms with E-state index in [4.69, 9.17) is 4.74 Å². The van der Waals surface area contributed by atoms with Gasteiger partial charge >= 0.3 is 5.97 Å². The quantitative estimate of drug-likeness (QED) is 0.330. The topological polar surface area (TPSA) is 105 Å². The number of rotatable bonds is 15. The molecule has 0 aromatic rings. The first-order valence-electron chi connectivity index (χ1n) is 11.5. The van der Waals surface area contributed by atoms with Crippen LogP contribution in [0, 0.1) is 16.7 Å². The molecule has 0 heterocycles. The zero-order valence-electron chi connectivity index (χ0n) is 21.6. The number of hydrogen-bond acceptors (Lipinski definition) is 5. The third kappa shape index (κ3) is 14.7. The van der Waals surface area contributed by atoms with E-state index in [0.29, 0.717) is 31.1 Å². The van der Waals surface area contributed by atoms with Crippen molar-refractivity contribution in [2.24, 2.45) is 16.7 Å². The molecular formula is C24H46N2O5S. The number of carbonyl (C=O) groups excluding carboxylic acids is 2. The molecule has 7 nitrogen and oxygen atoms in total. The fourth-order valence-electron chi connectivity index (χ4n) is 2.54. The summed E-state index contributed by atoms with van der Waals surface area (Å²) in [6.07, 6.45) is 1.93. The van der Waals surface area contributed by atoms with Gasteiger partial charge in [-0.05, 0) is 57.6 Å². The Morgan fingerprint density at radius 1 is 0.969 bits per heavy atom. The lowest BCUT2D eigenvalue weighted by Gasteiger charge is -2.32. The number of nitrogens with one attached hydrogen (secondary N) is 2. The summed E-state index contributed by atoms with van der Waals surface area (Å²) in [5, 5.41) is 15.0. The molecule has 0 spiro atoms. The van der Waals surface area contributed by atoms with E-state index in [0.717, 1.165) is 12.2 Å². The van der Waals surface area contributed by atoms with Gasteiger partial charge in [0, 0.05) is 18.7 Å². The minimum absolute atomic E-state index is 0.0329. The van der Waals surface area contributed by atoms with Crippen LogP contribution in [0.1, 0.15) is 81.6 Å². The Hall–Kier alpha value is -1.28. The average molecular weight is 475 g/mol. The van der Waals surface area contributed by atoms with Crippen LogP contribution in [-0.2, 0) is 19.1 Å². The molecule has 188 valence electrons. The Labute approximate surface area is 199 Å². The van der Waals surface area contributed by atoms with Gasteiger partial charge in [0.15, 0.2) is 0 Å². The highest BCUT2D eigenvalue weighted by molar-refractivity contribution is 7.99. The molecule has 2 amide bonds. The van der Waals surface area contributed by atoms with Crippen LogP contribution in [0.25, 0.3) is 0 Å². The summed E-state index contributed by atoms with van der Waals surface area (Å²) in [7, 11) is 0. The van der Waals surface area contributed by atoms with Gasteiger partial charge in [0.2, 0.25) is 11.8 Å². The van der Waals surface area contributed by atoms with E-state index in [1.54, 1.807) is 13.8 Å². The Morgan fingerprint density at radius 2 is 1.56 bits per heavy atom. The van der Waals surface area contributed by atoms with Crippen molar-refractivity contribution in [2.45, 2.75) is 93.2 Å². The number of hydrogen-bond donors (Lipinski definition) is 3. The molecule has 32 heavy (non-hydrogen) atoms. The Morgan fingerprint density at radius 3 is 2.06 bits per heavy atom. The highest BCUT2D eigenvalue weighted by Gasteiger charge is 2.34. The first kappa shape index (κ1) is 30.7. The van der Waals surface area contributed by atoms with Gasteiger partial charge in [-0.25, -0.2) is 4.79 Å². The smallest absolute Gasteiger partial charge is 0.327 e. The SMILES string of the molecule is CC(C)CSC[C@@H](NC(=O)C(C)(C)COC(C)(C)CCNC(=O)CCC(C)(C)C)C(=O)O. The van der Waals surface area contributed by atoms with E-state index in [9.17, 15) is 19.5 Å². The Bertz CT molecular complexity index is 612. The van der Waals surface area contributed by atoms with E-state index >= 15 is 0 Å². The molecule has 0 saturated carbocycles. The van der Waals surface area contributed by atoms with Crippen LogP contribution >= 0.6 is 11.8 Å². The lowest BCUT2D eigenvalue weighted by Crippen LogP contribution is -2.50. The van der Waals surface area contributed by atoms with Crippen LogP contribution in [0.2, 0.25) is 0 Å². The van der Waals surface area contributed by atoms with Crippen molar-refractivity contribution in [1.82, 2.24) is 10.6 Å². The summed E-state index contributed by atoms with van der Waals surface area (Å²) in [5.74, 6) is 0.283. The standard InChI is InChI=1S/C24H46N2O5S/c1-17(2)14-32-15-18(20(28)29)26-21(30)23(6,7)16-31-24(8,9)12-13-25-19(27)10-11-22(3,4)5/h17-18H,10-16H2,1-9H3,(H,25,27)(H,26,30)(H,28,29)/t18-/m1/s1. The maximum atomic E-state index is 12.7. The fourth-order valence-corrected chi connectivity index (χ4v) is 3.61. The molecule has 1 atom stereocenters. The van der Waals surface area contributed by atoms with Crippen molar-refractivity contribution < 1.29 is 24.2 Å². The van der Waals surface area contributed by atoms with Crippen molar-refractivity contribution in [3.63, 3.8) is 0 Å². The number of carbonyl (C=O) groups is 3. The van der Waals surface area contributed by atoms with Crippen LogP contribution < -0.4 is 10.6 Å². The van der Waals surface area contributed by atoms with Gasteiger partial charge in [0.1, 0.15) is 6.04 Å². The molecule has 0 rings (SSSR count). The van der Waals surface area contributed by atoms with Gasteiger partial charge in [0.25, 0.3) is 0 Å². The highest BCUT2D eigenvalue weighted by Crippen LogP contribution is 2.23. The van der Waals surface area contributed by atoms with E-state index in [2.05, 4.69) is 45.3 Å². The monoisotopic (exact) mass is 474 g/mol. The molecule has 0 aromatic heterocycles. The molecule has 3 N–H and O–H groups in total. The largest absolute Gasteiger partial charge is 0.480 e. The minimum atomic E-state index is -1.03. The molecular weight excluding hydrogens is 428 g/mol. The summed E-state index contributed by atoms with van der Waals surface area (Å²) in [4.78, 5) is 36.3. The van der Waals surface area contributed by atoms with Crippen LogP contribution in [-0.4, -0.2) is 59.2 Å². The summed E-state index contributed by atoms with van der Waals surface area (Å²) >= 11 is 1.52. The summed E-state index contributed by atoms with van der Waals surface area (Å²) < 4.78 is 6.00. The van der Waals surface area contributed by atoms with Crippen LogP contribution in [0.4, 0.5) is 0 Å². The third-order valence-electron chi connectivity index (χ3n) is 4.93. The second kappa shape index (κ2) is 13.4. The maximum absolute atomic E-state index is 12.7. The van der Waals surface area contributed by atoms with Crippen molar-refractivity contribution in [3.05, 3.63) is 0 Å². The zero-order valence-corrected chi connectivity index (χ0v) is 22.4. The first-order valence-corrected chi connectivity index (χ1v) is 12.6. The lowest BCUT2D eigenvalue weighted by molar-refractivity contribution is -0.145. The number of carboxylic acids is 1. The first-order chi connectivity index (χ1) is 14.4. The molecule has 0 aliphatic heterocycles. The number of ether oxygens (including phenoxy) is 1. The van der Waals surface area contributed by atoms with Gasteiger partial charge in [-0.2, -0.15) is 11.8 Å². The van der Waals surface area contributed by atoms with Gasteiger partial charge in [-0.15, -0.1) is 0 Å². The van der Waals surface area contributed by atoms with Crippen LogP contribution in [0.15, 0.2) is 0 Å². The predicted octanol–water partition coefficient (Wildman–Crippen LogP) is 4.10. The second-order valence-corrected chi connectivity index (χ2v) is 12.5. The number of amides is 2. The van der Waals surface area contributed by atoms with E-state index in [1.807, 2.05) is 13.8 Å². The molecule has 0 bridgehead atoms. The van der Waals surface area contributed by atoms with Gasteiger partial charge < -0.3 is 20.5 Å². The lowest BCUT2D eigenvalue weighted by atomic mass is 9.90. The Balaban J connectivity index is 4.56. The average Bonchev–Trinajstić information content (AvgIpc) is 2.63. The zero-order chi connectivity index (χ0) is 25.2. The van der Waals surface area contributed by atoms with Crippen molar-refractivity contribution in [1.29, 1.82) is 0 Å². The minimum Gasteiger partial charge on any atom is -0.480 e. The van der Waals surface area contributed by atoms with Crippen LogP contribution in [0.3, 0.4) is 0 Å². The van der Waals surface area contributed by atoms with E-state index in [1.165, 1.54) is 11.8 Å². The molecule has 0 aromatic carbocycles. The maximum Gasteiger partial charge on any atom is 0.327 e. The van der Waals surface area contributed by atoms with E-state index < -0.39 is 23.0 Å². The third-order valence-corrected chi connectivity index (χ3v) is 6.40. The molecule has 0 unspecified atom stereocenters. The molecule has 0 aliphatic rings. The molecule has 8 heteroatoms. The van der Waals surface area contributed by atoms with Crippen molar-refractivity contribution in [3.8, 4) is 0 Å². The molecule has 0 saturated heterocycles. The molecule has 0 fully saturated rings. The normalized spacial score (nSPS) is 13.7. The molecule has 0 aliphatic carbocycles. The number of thioether (sulfide) groups is 1. The summed E-state index contributed by atoms with van der Waals surface area (Å²) in [6, 6.07) is -0.929. The Kier molecular flexibility index (Phi) is 12.9. The summed E-state index contributed by atoms with van der Waals surface area (Å²) in [5.41, 5.74) is -1.30. The van der Waals surface area contributed by atoms with Gasteiger partial charge in [-0.3, -0.25) is 9.59 Å². The molecule has 0 radical (unpaired) electrons. The van der Waals surface area contributed by atoms with Crippen molar-refractivity contribution in [2.75, 3.05) is 24.7 Å². The van der Waals surface area contributed by atoms with Gasteiger partial charge in [0.05, 0.1) is 17.6 Å².